The molecule has 0 spiro atoms. The SMILES string of the molecule is CC1c2ccccc2CCN1Cc1ccc(COc2ccc(CCC=O)cc2)cc1. The first-order chi connectivity index (χ1) is 14.7. The fourth-order valence-corrected chi connectivity index (χ4v) is 4.16. The molecule has 0 N–H and O–H groups in total. The van der Waals surface area contributed by atoms with Crippen LogP contribution in [-0.2, 0) is 30.8 Å². The number of hydrogen-bond acceptors (Lipinski definition) is 3. The second kappa shape index (κ2) is 9.73. The molecule has 0 bridgehead atoms. The highest BCUT2D eigenvalue weighted by Crippen LogP contribution is 2.30. The van der Waals surface area contributed by atoms with E-state index in [4.69, 9.17) is 4.74 Å². The summed E-state index contributed by atoms with van der Waals surface area (Å²) < 4.78 is 5.92. The Morgan fingerprint density at radius 1 is 0.933 bits per heavy atom. The Kier molecular flexibility index (Phi) is 6.60. The Balaban J connectivity index is 1.31. The number of benzene rings is 3. The zero-order valence-electron chi connectivity index (χ0n) is 17.6. The van der Waals surface area contributed by atoms with Crippen LogP contribution in [0.25, 0.3) is 0 Å². The van der Waals surface area contributed by atoms with E-state index in [0.717, 1.165) is 43.5 Å². The number of carbonyl (C=O) groups excluding carboxylic acids is 1. The molecular formula is C27H29NO2. The van der Waals surface area contributed by atoms with Crippen molar-refractivity contribution in [2.24, 2.45) is 0 Å². The van der Waals surface area contributed by atoms with E-state index in [1.807, 2.05) is 24.3 Å². The van der Waals surface area contributed by atoms with Gasteiger partial charge in [-0.1, -0.05) is 60.7 Å². The Bertz CT molecular complexity index is 963. The second-order valence-electron chi connectivity index (χ2n) is 8.05. The smallest absolute Gasteiger partial charge is 0.120 e. The van der Waals surface area contributed by atoms with Gasteiger partial charge in [-0.15, -0.1) is 0 Å². The zero-order chi connectivity index (χ0) is 20.8. The van der Waals surface area contributed by atoms with Crippen molar-refractivity contribution in [1.29, 1.82) is 0 Å². The van der Waals surface area contributed by atoms with Gasteiger partial charge in [0.25, 0.3) is 0 Å². The third-order valence-electron chi connectivity index (χ3n) is 6.01. The van der Waals surface area contributed by atoms with Gasteiger partial charge < -0.3 is 9.53 Å². The molecule has 3 nitrogen and oxygen atoms in total. The Morgan fingerprint density at radius 2 is 1.63 bits per heavy atom. The second-order valence-corrected chi connectivity index (χ2v) is 8.05. The average Bonchev–Trinajstić information content (AvgIpc) is 2.80. The minimum atomic E-state index is 0.451. The predicted octanol–water partition coefficient (Wildman–Crippen LogP) is 5.52. The molecule has 1 aliphatic heterocycles. The summed E-state index contributed by atoms with van der Waals surface area (Å²) in [6.45, 7) is 4.94. The van der Waals surface area contributed by atoms with E-state index < -0.39 is 0 Å². The fraction of sp³-hybridized carbons (Fsp3) is 0.296. The molecule has 0 amide bonds. The summed E-state index contributed by atoms with van der Waals surface area (Å²) in [4.78, 5) is 13.0. The maximum Gasteiger partial charge on any atom is 0.120 e. The van der Waals surface area contributed by atoms with Crippen LogP contribution in [0.4, 0.5) is 0 Å². The molecule has 154 valence electrons. The van der Waals surface area contributed by atoms with Gasteiger partial charge in [0, 0.05) is 25.6 Å². The molecule has 30 heavy (non-hydrogen) atoms. The van der Waals surface area contributed by atoms with Gasteiger partial charge in [-0.2, -0.15) is 0 Å². The lowest BCUT2D eigenvalue weighted by Crippen LogP contribution is -2.33. The molecule has 3 aromatic carbocycles. The Hall–Kier alpha value is -2.91. The minimum absolute atomic E-state index is 0.451. The lowest BCUT2D eigenvalue weighted by Gasteiger charge is -2.35. The van der Waals surface area contributed by atoms with Crippen molar-refractivity contribution in [3.8, 4) is 5.75 Å². The highest BCUT2D eigenvalue weighted by molar-refractivity contribution is 5.50. The van der Waals surface area contributed by atoms with E-state index in [1.54, 1.807) is 0 Å². The van der Waals surface area contributed by atoms with E-state index in [9.17, 15) is 4.79 Å². The Morgan fingerprint density at radius 3 is 2.40 bits per heavy atom. The maximum absolute atomic E-state index is 10.5. The molecule has 0 fully saturated rings. The standard InChI is InChI=1S/C27H29NO2/c1-21-27-7-3-2-6-25(27)16-17-28(21)19-23-8-10-24(11-9-23)20-30-26-14-12-22(13-15-26)5-4-18-29/h2-3,6-15,18,21H,4-5,16-17,19-20H2,1H3. The zero-order valence-corrected chi connectivity index (χ0v) is 17.6. The number of hydrogen-bond donors (Lipinski definition) is 0. The summed E-state index contributed by atoms with van der Waals surface area (Å²) >= 11 is 0. The topological polar surface area (TPSA) is 29.5 Å². The molecule has 3 aromatic rings. The molecular weight excluding hydrogens is 370 g/mol. The van der Waals surface area contributed by atoms with Gasteiger partial charge in [-0.3, -0.25) is 4.90 Å². The van der Waals surface area contributed by atoms with Crippen LogP contribution in [0.5, 0.6) is 5.75 Å². The molecule has 1 atom stereocenters. The molecule has 1 heterocycles. The van der Waals surface area contributed by atoms with E-state index in [2.05, 4.69) is 60.4 Å². The third kappa shape index (κ3) is 4.98. The summed E-state index contributed by atoms with van der Waals surface area (Å²) in [6, 6.07) is 26.0. The van der Waals surface area contributed by atoms with Crippen LogP contribution < -0.4 is 4.74 Å². The van der Waals surface area contributed by atoms with Crippen LogP contribution in [0.2, 0.25) is 0 Å². The van der Waals surface area contributed by atoms with Gasteiger partial charge in [0.15, 0.2) is 0 Å². The van der Waals surface area contributed by atoms with Crippen molar-refractivity contribution >= 4 is 6.29 Å². The molecule has 0 aliphatic carbocycles. The number of fused-ring (bicyclic) bond motifs is 1. The monoisotopic (exact) mass is 399 g/mol. The molecule has 0 saturated carbocycles. The number of ether oxygens (including phenoxy) is 1. The van der Waals surface area contributed by atoms with Gasteiger partial charge in [-0.25, -0.2) is 0 Å². The maximum atomic E-state index is 10.5. The van der Waals surface area contributed by atoms with Crippen LogP contribution in [0, 0.1) is 0 Å². The fourth-order valence-electron chi connectivity index (χ4n) is 4.16. The van der Waals surface area contributed by atoms with E-state index >= 15 is 0 Å². The van der Waals surface area contributed by atoms with Crippen molar-refractivity contribution in [2.45, 2.75) is 45.4 Å². The molecule has 1 unspecified atom stereocenters. The van der Waals surface area contributed by atoms with E-state index in [-0.39, 0.29) is 0 Å². The number of aldehydes is 1. The van der Waals surface area contributed by atoms with Crippen molar-refractivity contribution in [3.63, 3.8) is 0 Å². The third-order valence-corrected chi connectivity index (χ3v) is 6.01. The molecule has 1 aliphatic rings. The van der Waals surface area contributed by atoms with Crippen LogP contribution >= 0.6 is 0 Å². The summed E-state index contributed by atoms with van der Waals surface area (Å²) in [5, 5.41) is 0. The number of carbonyl (C=O) groups is 1. The normalized spacial score (nSPS) is 16.1. The molecule has 0 aromatic heterocycles. The van der Waals surface area contributed by atoms with Gasteiger partial charge in [0.2, 0.25) is 0 Å². The summed E-state index contributed by atoms with van der Waals surface area (Å²) in [7, 11) is 0. The van der Waals surface area contributed by atoms with Crippen molar-refractivity contribution in [1.82, 2.24) is 4.90 Å². The highest BCUT2D eigenvalue weighted by atomic mass is 16.5. The van der Waals surface area contributed by atoms with Gasteiger partial charge in [-0.05, 0) is 59.7 Å². The summed E-state index contributed by atoms with van der Waals surface area (Å²) in [5.41, 5.74) is 6.62. The lowest BCUT2D eigenvalue weighted by atomic mass is 9.93. The van der Waals surface area contributed by atoms with Gasteiger partial charge in [0.05, 0.1) is 0 Å². The molecule has 0 radical (unpaired) electrons. The molecule has 4 rings (SSSR count). The minimum Gasteiger partial charge on any atom is -0.489 e. The van der Waals surface area contributed by atoms with Crippen molar-refractivity contribution < 1.29 is 9.53 Å². The predicted molar refractivity (Wildman–Crippen MR) is 121 cm³/mol. The first-order valence-corrected chi connectivity index (χ1v) is 10.8. The van der Waals surface area contributed by atoms with E-state index in [1.165, 1.54) is 22.3 Å². The van der Waals surface area contributed by atoms with Crippen LogP contribution in [0.3, 0.4) is 0 Å². The average molecular weight is 400 g/mol. The molecule has 3 heteroatoms. The Labute approximate surface area is 179 Å². The summed E-state index contributed by atoms with van der Waals surface area (Å²) in [6.07, 6.45) is 3.43. The van der Waals surface area contributed by atoms with Crippen LogP contribution in [-0.4, -0.2) is 17.7 Å². The number of rotatable bonds is 8. The summed E-state index contributed by atoms with van der Waals surface area (Å²) in [5.74, 6) is 0.856. The van der Waals surface area contributed by atoms with Gasteiger partial charge >= 0.3 is 0 Å². The largest absolute Gasteiger partial charge is 0.489 e. The first kappa shape index (κ1) is 20.4. The lowest BCUT2D eigenvalue weighted by molar-refractivity contribution is -0.107. The number of nitrogens with zero attached hydrogens (tertiary/aromatic N) is 1. The quantitative estimate of drug-likeness (QED) is 0.467. The molecule has 0 saturated heterocycles. The highest BCUT2D eigenvalue weighted by Gasteiger charge is 2.23. The van der Waals surface area contributed by atoms with Crippen LogP contribution in [0.15, 0.2) is 72.8 Å². The van der Waals surface area contributed by atoms with Crippen molar-refractivity contribution in [2.75, 3.05) is 6.54 Å². The number of aryl methyl sites for hydroxylation is 1. The van der Waals surface area contributed by atoms with Crippen molar-refractivity contribution in [3.05, 3.63) is 101 Å². The van der Waals surface area contributed by atoms with Crippen LogP contribution in [0.1, 0.15) is 47.2 Å². The first-order valence-electron chi connectivity index (χ1n) is 10.8. The van der Waals surface area contributed by atoms with Gasteiger partial charge in [0.1, 0.15) is 18.6 Å². The van der Waals surface area contributed by atoms with E-state index in [0.29, 0.717) is 19.1 Å².